The van der Waals surface area contributed by atoms with E-state index in [1.165, 1.54) is 0 Å². The number of carbonyl (C=O) groups is 1. The van der Waals surface area contributed by atoms with Crippen LogP contribution in [0.3, 0.4) is 0 Å². The summed E-state index contributed by atoms with van der Waals surface area (Å²) in [6.07, 6.45) is 2.65. The molecule has 2 saturated carbocycles. The first-order valence-corrected chi connectivity index (χ1v) is 9.21. The van der Waals surface area contributed by atoms with Crippen LogP contribution in [-0.4, -0.2) is 11.9 Å². The molecule has 2 fully saturated rings. The van der Waals surface area contributed by atoms with Gasteiger partial charge >= 0.3 is 10.2 Å². The van der Waals surface area contributed by atoms with Gasteiger partial charge in [0.25, 0.3) is 0 Å². The Labute approximate surface area is 130 Å². The SMILES string of the molecule is NC1C2CCC(C2)C1C(=O)Nc1cccc(S(F)(F)(F)(F)F)c1. The Morgan fingerprint density at radius 3 is 2.35 bits per heavy atom. The van der Waals surface area contributed by atoms with Gasteiger partial charge in [0.15, 0.2) is 0 Å². The number of hydrogen-bond acceptors (Lipinski definition) is 2. The highest BCUT2D eigenvalue weighted by molar-refractivity contribution is 8.45. The summed E-state index contributed by atoms with van der Waals surface area (Å²) in [7, 11) is -9.76. The van der Waals surface area contributed by atoms with Crippen LogP contribution in [0.25, 0.3) is 0 Å². The topological polar surface area (TPSA) is 55.1 Å². The van der Waals surface area contributed by atoms with E-state index >= 15 is 0 Å². The minimum absolute atomic E-state index is 0.119. The van der Waals surface area contributed by atoms with Gasteiger partial charge in [0.1, 0.15) is 4.90 Å². The zero-order chi connectivity index (χ0) is 17.1. The summed E-state index contributed by atoms with van der Waals surface area (Å²) in [6.45, 7) is 0. The molecule has 0 spiro atoms. The predicted molar refractivity (Wildman–Crippen MR) is 78.8 cm³/mol. The Hall–Kier alpha value is -1.35. The third-order valence-electron chi connectivity index (χ3n) is 4.83. The zero-order valence-corrected chi connectivity index (χ0v) is 12.8. The monoisotopic (exact) mass is 356 g/mol. The molecule has 3 nitrogen and oxygen atoms in total. The second-order valence-electron chi connectivity index (χ2n) is 6.42. The second kappa shape index (κ2) is 4.38. The second-order valence-corrected chi connectivity index (χ2v) is 8.83. The van der Waals surface area contributed by atoms with Gasteiger partial charge in [-0.3, -0.25) is 4.79 Å². The maximum absolute atomic E-state index is 12.8. The van der Waals surface area contributed by atoms with Crippen LogP contribution >= 0.6 is 10.2 Å². The van der Waals surface area contributed by atoms with Crippen LogP contribution in [-0.2, 0) is 4.79 Å². The summed E-state index contributed by atoms with van der Waals surface area (Å²) in [6, 6.07) is 2.26. The largest absolute Gasteiger partial charge is 0.327 e. The predicted octanol–water partition coefficient (Wildman–Crippen LogP) is 4.66. The summed E-state index contributed by atoms with van der Waals surface area (Å²) in [5, 5.41) is 2.31. The van der Waals surface area contributed by atoms with E-state index in [4.69, 9.17) is 5.73 Å². The van der Waals surface area contributed by atoms with E-state index in [2.05, 4.69) is 5.32 Å². The van der Waals surface area contributed by atoms with Gasteiger partial charge in [-0.2, -0.15) is 0 Å². The summed E-state index contributed by atoms with van der Waals surface area (Å²) in [5.74, 6) is -0.595. The Bertz CT molecular complexity index is 661. The van der Waals surface area contributed by atoms with Gasteiger partial charge in [-0.25, -0.2) is 0 Å². The van der Waals surface area contributed by atoms with Crippen molar-refractivity contribution in [3.8, 4) is 0 Å². The van der Waals surface area contributed by atoms with Crippen molar-refractivity contribution in [2.45, 2.75) is 30.2 Å². The number of amides is 1. The van der Waals surface area contributed by atoms with Crippen LogP contribution in [0.4, 0.5) is 25.1 Å². The Morgan fingerprint density at radius 2 is 1.78 bits per heavy atom. The van der Waals surface area contributed by atoms with Crippen molar-refractivity contribution >= 4 is 21.8 Å². The molecule has 23 heavy (non-hydrogen) atoms. The fourth-order valence-corrected chi connectivity index (χ4v) is 4.45. The van der Waals surface area contributed by atoms with Gasteiger partial charge < -0.3 is 11.1 Å². The van der Waals surface area contributed by atoms with Gasteiger partial charge in [0.2, 0.25) is 5.91 Å². The molecule has 4 unspecified atom stereocenters. The molecule has 3 rings (SSSR count). The van der Waals surface area contributed by atoms with Crippen molar-refractivity contribution in [2.75, 3.05) is 5.32 Å². The molecule has 2 bridgehead atoms. The normalized spacial score (nSPS) is 33.1. The fraction of sp³-hybridized carbons (Fsp3) is 0.500. The quantitative estimate of drug-likeness (QED) is 0.774. The molecule has 2 aliphatic carbocycles. The molecule has 0 aromatic heterocycles. The number of anilines is 1. The minimum atomic E-state index is -9.76. The van der Waals surface area contributed by atoms with E-state index in [0.717, 1.165) is 31.4 Å². The molecule has 3 N–H and O–H groups in total. The molecule has 0 radical (unpaired) electrons. The van der Waals surface area contributed by atoms with Crippen LogP contribution < -0.4 is 11.1 Å². The summed E-state index contributed by atoms with van der Waals surface area (Å²) in [5.41, 5.74) is 5.71. The van der Waals surface area contributed by atoms with E-state index in [0.29, 0.717) is 6.07 Å². The first-order valence-electron chi connectivity index (χ1n) is 7.26. The van der Waals surface area contributed by atoms with E-state index in [9.17, 15) is 24.2 Å². The first kappa shape index (κ1) is 16.5. The van der Waals surface area contributed by atoms with E-state index in [-0.39, 0.29) is 29.6 Å². The van der Waals surface area contributed by atoms with E-state index in [1.54, 1.807) is 0 Å². The number of nitrogens with one attached hydrogen (secondary N) is 1. The average Bonchev–Trinajstić information content (AvgIpc) is 2.97. The third kappa shape index (κ3) is 3.16. The van der Waals surface area contributed by atoms with Crippen molar-refractivity contribution in [1.29, 1.82) is 0 Å². The zero-order valence-electron chi connectivity index (χ0n) is 12.0. The number of hydrogen-bond donors (Lipinski definition) is 2. The van der Waals surface area contributed by atoms with Crippen molar-refractivity contribution in [3.05, 3.63) is 24.3 Å². The third-order valence-corrected chi connectivity index (χ3v) is 5.98. The van der Waals surface area contributed by atoms with Gasteiger partial charge in [-0.1, -0.05) is 25.5 Å². The number of halogens is 5. The van der Waals surface area contributed by atoms with Crippen molar-refractivity contribution in [3.63, 3.8) is 0 Å². The van der Waals surface area contributed by atoms with Crippen LogP contribution in [0, 0.1) is 17.8 Å². The molecule has 1 aromatic rings. The maximum atomic E-state index is 12.8. The number of fused-ring (bicyclic) bond motifs is 2. The Kier molecular flexibility index (Phi) is 3.15. The highest BCUT2D eigenvalue weighted by atomic mass is 32.5. The lowest BCUT2D eigenvalue weighted by atomic mass is 9.84. The van der Waals surface area contributed by atoms with Crippen LogP contribution in [0.1, 0.15) is 19.3 Å². The van der Waals surface area contributed by atoms with Crippen LogP contribution in [0.15, 0.2) is 29.2 Å². The molecular formula is C14H17F5N2OS. The minimum Gasteiger partial charge on any atom is -0.327 e. The lowest BCUT2D eigenvalue weighted by Gasteiger charge is -2.40. The molecule has 130 valence electrons. The molecule has 0 aliphatic heterocycles. The molecule has 0 saturated heterocycles. The highest BCUT2D eigenvalue weighted by Crippen LogP contribution is 3.02. The molecule has 1 aromatic carbocycles. The number of nitrogens with two attached hydrogens (primary N) is 1. The molecule has 1 amide bonds. The summed E-state index contributed by atoms with van der Waals surface area (Å²) < 4.78 is 64.1. The maximum Gasteiger partial charge on any atom is 0.310 e. The summed E-state index contributed by atoms with van der Waals surface area (Å²) in [4.78, 5) is 10.3. The van der Waals surface area contributed by atoms with E-state index in [1.807, 2.05) is 0 Å². The van der Waals surface area contributed by atoms with Gasteiger partial charge in [-0.15, -0.1) is 0 Å². The van der Waals surface area contributed by atoms with E-state index < -0.39 is 26.9 Å². The van der Waals surface area contributed by atoms with Crippen molar-refractivity contribution in [1.82, 2.24) is 0 Å². The highest BCUT2D eigenvalue weighted by Gasteiger charge is 2.65. The molecular weight excluding hydrogens is 339 g/mol. The number of benzene rings is 1. The van der Waals surface area contributed by atoms with Crippen molar-refractivity contribution in [2.24, 2.45) is 23.5 Å². The Balaban J connectivity index is 1.81. The van der Waals surface area contributed by atoms with Crippen LogP contribution in [0.2, 0.25) is 0 Å². The molecule has 4 atom stereocenters. The first-order chi connectivity index (χ1) is 10.3. The molecule has 2 aliphatic rings. The standard InChI is InChI=1S/C14H17F5N2OS/c15-23(16,17,18,19)11-3-1-2-10(7-11)21-14(22)12-8-4-5-9(6-8)13(12)20/h1-3,7-9,12-13H,4-6,20H2,(H,21,22). The number of carbonyl (C=O) groups excluding carboxylic acids is 1. The van der Waals surface area contributed by atoms with Crippen LogP contribution in [0.5, 0.6) is 0 Å². The number of rotatable bonds is 3. The molecule has 0 heterocycles. The van der Waals surface area contributed by atoms with Gasteiger partial charge in [0.05, 0.1) is 5.92 Å². The lowest BCUT2D eigenvalue weighted by molar-refractivity contribution is -0.121. The smallest absolute Gasteiger partial charge is 0.310 e. The Morgan fingerprint density at radius 1 is 1.13 bits per heavy atom. The summed E-state index contributed by atoms with van der Waals surface area (Å²) >= 11 is 0. The lowest BCUT2D eigenvalue weighted by Crippen LogP contribution is -2.42. The average molecular weight is 356 g/mol. The van der Waals surface area contributed by atoms with Gasteiger partial charge in [0, 0.05) is 11.7 Å². The van der Waals surface area contributed by atoms with Crippen molar-refractivity contribution < 1.29 is 24.2 Å². The fourth-order valence-electron chi connectivity index (χ4n) is 3.76. The van der Waals surface area contributed by atoms with Gasteiger partial charge in [-0.05, 0) is 49.3 Å². The molecule has 9 heteroatoms.